The second-order valence-electron chi connectivity index (χ2n) is 4.18. The highest BCUT2D eigenvalue weighted by Crippen LogP contribution is 2.14. The molecule has 0 amide bonds. The van der Waals surface area contributed by atoms with Crippen molar-refractivity contribution in [2.45, 2.75) is 13.3 Å². The van der Waals surface area contributed by atoms with Crippen LogP contribution in [0.25, 0.3) is 0 Å². The van der Waals surface area contributed by atoms with E-state index in [1.807, 2.05) is 31.2 Å². The molecule has 1 aromatic carbocycles. The van der Waals surface area contributed by atoms with Gasteiger partial charge in [0.1, 0.15) is 17.2 Å². The molecule has 0 unspecified atom stereocenters. The molecule has 0 saturated heterocycles. The Morgan fingerprint density at radius 2 is 2.11 bits per heavy atom. The van der Waals surface area contributed by atoms with Gasteiger partial charge in [0.25, 0.3) is 0 Å². The van der Waals surface area contributed by atoms with Gasteiger partial charge >= 0.3 is 5.97 Å². The molecule has 0 aliphatic rings. The predicted molar refractivity (Wildman–Crippen MR) is 71.8 cm³/mol. The average Bonchev–Trinajstić information content (AvgIpc) is 2.41. The molecule has 0 spiro atoms. The number of aromatic nitrogens is 2. The quantitative estimate of drug-likeness (QED) is 0.847. The first kappa shape index (κ1) is 13.0. The minimum atomic E-state index is -0.528. The molecule has 0 bridgehead atoms. The van der Waals surface area contributed by atoms with E-state index < -0.39 is 5.97 Å². The van der Waals surface area contributed by atoms with E-state index in [0.717, 1.165) is 5.56 Å². The Morgan fingerprint density at radius 3 is 2.74 bits per heavy atom. The zero-order valence-corrected chi connectivity index (χ0v) is 10.9. The molecule has 2 aromatic rings. The highest BCUT2D eigenvalue weighted by molar-refractivity contribution is 5.93. The van der Waals surface area contributed by atoms with Gasteiger partial charge in [-0.05, 0) is 18.1 Å². The van der Waals surface area contributed by atoms with E-state index in [1.54, 1.807) is 0 Å². The Labute approximate surface area is 111 Å². The Bertz CT molecular complexity index is 611. The van der Waals surface area contributed by atoms with Crippen LogP contribution < -0.4 is 5.73 Å². The number of ether oxygens (including phenoxy) is 1. The second-order valence-corrected chi connectivity index (χ2v) is 4.18. The zero-order valence-electron chi connectivity index (χ0n) is 10.9. The molecule has 2 N–H and O–H groups in total. The first-order valence-corrected chi connectivity index (χ1v) is 5.86. The molecule has 0 fully saturated rings. The molecule has 19 heavy (non-hydrogen) atoms. The average molecular weight is 257 g/mol. The van der Waals surface area contributed by atoms with Crippen molar-refractivity contribution in [2.75, 3.05) is 12.8 Å². The number of methoxy groups -OCH3 is 1. The number of nitrogens with two attached hydrogens (primary N) is 1. The first-order valence-electron chi connectivity index (χ1n) is 5.86. The molecule has 1 heterocycles. The normalized spacial score (nSPS) is 10.2. The van der Waals surface area contributed by atoms with Crippen molar-refractivity contribution in [1.29, 1.82) is 0 Å². The van der Waals surface area contributed by atoms with Gasteiger partial charge < -0.3 is 10.5 Å². The van der Waals surface area contributed by atoms with Gasteiger partial charge in [-0.15, -0.1) is 0 Å². The molecule has 0 radical (unpaired) electrons. The van der Waals surface area contributed by atoms with Crippen molar-refractivity contribution in [2.24, 2.45) is 0 Å². The molecular formula is C14H15N3O2. The fourth-order valence-electron chi connectivity index (χ4n) is 1.76. The topological polar surface area (TPSA) is 78.1 Å². The lowest BCUT2D eigenvalue weighted by Crippen LogP contribution is -2.10. The first-order chi connectivity index (χ1) is 9.11. The largest absolute Gasteiger partial charge is 0.465 e. The van der Waals surface area contributed by atoms with Crippen LogP contribution in [0.1, 0.15) is 27.3 Å². The van der Waals surface area contributed by atoms with E-state index in [1.165, 1.54) is 18.9 Å². The molecular weight excluding hydrogens is 242 g/mol. The summed E-state index contributed by atoms with van der Waals surface area (Å²) in [5.41, 5.74) is 8.23. The van der Waals surface area contributed by atoms with E-state index in [-0.39, 0.29) is 11.4 Å². The molecule has 2 rings (SSSR count). The van der Waals surface area contributed by atoms with E-state index >= 15 is 0 Å². The molecule has 5 heteroatoms. The Kier molecular flexibility index (Phi) is 3.75. The van der Waals surface area contributed by atoms with Crippen LogP contribution in [0.2, 0.25) is 0 Å². The third-order valence-corrected chi connectivity index (χ3v) is 2.88. The van der Waals surface area contributed by atoms with Crippen LogP contribution in [0, 0.1) is 6.92 Å². The van der Waals surface area contributed by atoms with E-state index in [9.17, 15) is 4.79 Å². The molecule has 98 valence electrons. The lowest BCUT2D eigenvalue weighted by Gasteiger charge is -2.07. The van der Waals surface area contributed by atoms with E-state index in [0.29, 0.717) is 12.2 Å². The maximum atomic E-state index is 11.4. The van der Waals surface area contributed by atoms with Crippen LogP contribution in [0.5, 0.6) is 0 Å². The van der Waals surface area contributed by atoms with Gasteiger partial charge in [-0.1, -0.05) is 24.3 Å². The Balaban J connectivity index is 2.26. The van der Waals surface area contributed by atoms with E-state index in [4.69, 9.17) is 5.73 Å². The minimum absolute atomic E-state index is 0.144. The molecule has 0 aliphatic carbocycles. The summed E-state index contributed by atoms with van der Waals surface area (Å²) in [6.07, 6.45) is 1.99. The monoisotopic (exact) mass is 257 g/mol. The number of aryl methyl sites for hydroxylation is 1. The summed E-state index contributed by atoms with van der Waals surface area (Å²) in [6, 6.07) is 7.99. The third-order valence-electron chi connectivity index (χ3n) is 2.88. The number of carbonyl (C=O) groups excluding carboxylic acids is 1. The maximum Gasteiger partial charge on any atom is 0.343 e. The van der Waals surface area contributed by atoms with Crippen LogP contribution in [0.4, 0.5) is 5.82 Å². The number of nitrogen functional groups attached to an aromatic ring is 1. The second kappa shape index (κ2) is 5.48. The number of benzene rings is 1. The van der Waals surface area contributed by atoms with Crippen molar-refractivity contribution in [3.05, 3.63) is 53.0 Å². The van der Waals surface area contributed by atoms with Gasteiger partial charge in [0, 0.05) is 12.6 Å². The number of hydrogen-bond acceptors (Lipinski definition) is 5. The molecule has 0 aliphatic heterocycles. The molecule has 0 saturated carbocycles. The Hall–Kier alpha value is -2.43. The van der Waals surface area contributed by atoms with Crippen molar-refractivity contribution in [3.8, 4) is 0 Å². The predicted octanol–water partition coefficient (Wildman–Crippen LogP) is 1.74. The fourth-order valence-corrected chi connectivity index (χ4v) is 1.76. The molecule has 1 aromatic heterocycles. The summed E-state index contributed by atoms with van der Waals surface area (Å²) in [5.74, 6) is 0.199. The highest BCUT2D eigenvalue weighted by Gasteiger charge is 2.13. The number of carbonyl (C=O) groups is 1. The number of hydrogen-bond donors (Lipinski definition) is 1. The number of rotatable bonds is 3. The number of anilines is 1. The van der Waals surface area contributed by atoms with Crippen molar-refractivity contribution < 1.29 is 9.53 Å². The van der Waals surface area contributed by atoms with Gasteiger partial charge in [0.15, 0.2) is 0 Å². The SMILES string of the molecule is COC(=O)c1cnc(Cc2ccccc2C)nc1N. The van der Waals surface area contributed by atoms with E-state index in [2.05, 4.69) is 14.7 Å². The van der Waals surface area contributed by atoms with Gasteiger partial charge in [-0.25, -0.2) is 14.8 Å². The van der Waals surface area contributed by atoms with Gasteiger partial charge in [0.2, 0.25) is 0 Å². The lowest BCUT2D eigenvalue weighted by atomic mass is 10.1. The van der Waals surface area contributed by atoms with Crippen LogP contribution in [-0.2, 0) is 11.2 Å². The summed E-state index contributed by atoms with van der Waals surface area (Å²) >= 11 is 0. The van der Waals surface area contributed by atoms with Crippen LogP contribution in [0.15, 0.2) is 30.5 Å². The third kappa shape index (κ3) is 2.88. The van der Waals surface area contributed by atoms with Crippen molar-refractivity contribution in [3.63, 3.8) is 0 Å². The Morgan fingerprint density at radius 1 is 1.37 bits per heavy atom. The smallest absolute Gasteiger partial charge is 0.343 e. The summed E-state index contributed by atoms with van der Waals surface area (Å²) < 4.78 is 4.60. The zero-order chi connectivity index (χ0) is 13.8. The van der Waals surface area contributed by atoms with Gasteiger partial charge in [0.05, 0.1) is 7.11 Å². The summed E-state index contributed by atoms with van der Waals surface area (Å²) in [7, 11) is 1.29. The number of nitrogens with zero attached hydrogens (tertiary/aromatic N) is 2. The summed E-state index contributed by atoms with van der Waals surface area (Å²) in [6.45, 7) is 2.03. The highest BCUT2D eigenvalue weighted by atomic mass is 16.5. The van der Waals surface area contributed by atoms with Crippen LogP contribution in [0.3, 0.4) is 0 Å². The lowest BCUT2D eigenvalue weighted by molar-refractivity contribution is 0.0601. The fraction of sp³-hybridized carbons (Fsp3) is 0.214. The van der Waals surface area contributed by atoms with Gasteiger partial charge in [-0.3, -0.25) is 0 Å². The minimum Gasteiger partial charge on any atom is -0.465 e. The van der Waals surface area contributed by atoms with Crippen molar-refractivity contribution >= 4 is 11.8 Å². The number of esters is 1. The molecule has 5 nitrogen and oxygen atoms in total. The standard InChI is InChI=1S/C14H15N3O2/c1-9-5-3-4-6-10(9)7-12-16-8-11(13(15)17-12)14(18)19-2/h3-6,8H,7H2,1-2H3,(H2,15,16,17). The van der Waals surface area contributed by atoms with Crippen molar-refractivity contribution in [1.82, 2.24) is 9.97 Å². The summed E-state index contributed by atoms with van der Waals surface area (Å²) in [4.78, 5) is 19.7. The summed E-state index contributed by atoms with van der Waals surface area (Å²) in [5, 5.41) is 0. The van der Waals surface area contributed by atoms with Crippen LogP contribution in [-0.4, -0.2) is 23.0 Å². The van der Waals surface area contributed by atoms with Gasteiger partial charge in [-0.2, -0.15) is 0 Å². The molecule has 0 atom stereocenters. The van der Waals surface area contributed by atoms with Crippen LogP contribution >= 0.6 is 0 Å². The maximum absolute atomic E-state index is 11.4.